The summed E-state index contributed by atoms with van der Waals surface area (Å²) < 4.78 is 25.2. The SMILES string of the molecule is Cc1cn(C2CCCC2)c(NC2CCS(=O)(=O)C2)n1. The zero-order valence-corrected chi connectivity index (χ0v) is 12.1. The lowest BCUT2D eigenvalue weighted by molar-refractivity contribution is 0.520. The third-order valence-corrected chi connectivity index (χ3v) is 5.90. The molecule has 2 aliphatic rings. The second kappa shape index (κ2) is 4.81. The Hall–Kier alpha value is -1.04. The van der Waals surface area contributed by atoms with Crippen molar-refractivity contribution in [1.82, 2.24) is 9.55 Å². The molecule has 1 N–H and O–H groups in total. The molecule has 19 heavy (non-hydrogen) atoms. The lowest BCUT2D eigenvalue weighted by Gasteiger charge is -2.18. The van der Waals surface area contributed by atoms with Crippen LogP contribution in [0.1, 0.15) is 43.8 Å². The average Bonchev–Trinajstić information content (AvgIpc) is 3.00. The van der Waals surface area contributed by atoms with Crippen molar-refractivity contribution in [3.8, 4) is 0 Å². The van der Waals surface area contributed by atoms with E-state index in [4.69, 9.17) is 0 Å². The summed E-state index contributed by atoms with van der Waals surface area (Å²) in [4.78, 5) is 4.52. The molecule has 1 saturated carbocycles. The molecule has 6 heteroatoms. The Morgan fingerprint density at radius 3 is 2.68 bits per heavy atom. The molecule has 0 radical (unpaired) electrons. The summed E-state index contributed by atoms with van der Waals surface area (Å²) in [6.45, 7) is 1.99. The van der Waals surface area contributed by atoms with E-state index in [2.05, 4.69) is 21.1 Å². The molecule has 0 spiro atoms. The van der Waals surface area contributed by atoms with Crippen molar-refractivity contribution < 1.29 is 8.42 Å². The van der Waals surface area contributed by atoms with Crippen LogP contribution in [0.3, 0.4) is 0 Å². The number of sulfone groups is 1. The summed E-state index contributed by atoms with van der Waals surface area (Å²) in [6, 6.07) is 0.550. The molecular weight excluding hydrogens is 262 g/mol. The smallest absolute Gasteiger partial charge is 0.203 e. The van der Waals surface area contributed by atoms with Gasteiger partial charge in [-0.15, -0.1) is 0 Å². The number of imidazole rings is 1. The number of anilines is 1. The van der Waals surface area contributed by atoms with Crippen LogP contribution in [-0.2, 0) is 9.84 Å². The molecule has 1 aromatic rings. The van der Waals surface area contributed by atoms with Gasteiger partial charge in [-0.3, -0.25) is 0 Å². The van der Waals surface area contributed by atoms with E-state index in [0.29, 0.717) is 18.2 Å². The molecule has 106 valence electrons. The zero-order valence-electron chi connectivity index (χ0n) is 11.3. The first kappa shape index (κ1) is 13.0. The Labute approximate surface area is 114 Å². The van der Waals surface area contributed by atoms with Gasteiger partial charge in [-0.2, -0.15) is 0 Å². The van der Waals surface area contributed by atoms with E-state index in [1.807, 2.05) is 6.92 Å². The van der Waals surface area contributed by atoms with E-state index in [9.17, 15) is 8.42 Å². The number of rotatable bonds is 3. The van der Waals surface area contributed by atoms with E-state index >= 15 is 0 Å². The molecule has 1 unspecified atom stereocenters. The Morgan fingerprint density at radius 1 is 1.32 bits per heavy atom. The molecule has 0 amide bonds. The van der Waals surface area contributed by atoms with Crippen LogP contribution in [0, 0.1) is 6.92 Å². The van der Waals surface area contributed by atoms with Gasteiger partial charge in [0.05, 0.1) is 17.2 Å². The fraction of sp³-hybridized carbons (Fsp3) is 0.769. The summed E-state index contributed by atoms with van der Waals surface area (Å²) in [5.74, 6) is 1.39. The highest BCUT2D eigenvalue weighted by Gasteiger charge is 2.29. The van der Waals surface area contributed by atoms with Crippen molar-refractivity contribution in [1.29, 1.82) is 0 Å². The van der Waals surface area contributed by atoms with Crippen LogP contribution in [0.2, 0.25) is 0 Å². The Bertz CT molecular complexity index is 558. The van der Waals surface area contributed by atoms with Gasteiger partial charge in [-0.05, 0) is 26.2 Å². The van der Waals surface area contributed by atoms with Crippen molar-refractivity contribution in [2.45, 2.75) is 51.1 Å². The van der Waals surface area contributed by atoms with Gasteiger partial charge in [-0.25, -0.2) is 13.4 Å². The van der Waals surface area contributed by atoms with Crippen LogP contribution in [0.15, 0.2) is 6.20 Å². The summed E-state index contributed by atoms with van der Waals surface area (Å²) in [5, 5.41) is 3.34. The van der Waals surface area contributed by atoms with Crippen molar-refractivity contribution in [3.63, 3.8) is 0 Å². The Kier molecular flexibility index (Phi) is 3.28. The molecule has 2 fully saturated rings. The molecule has 1 atom stereocenters. The Balaban J connectivity index is 1.77. The second-order valence-corrected chi connectivity index (χ2v) is 8.02. The van der Waals surface area contributed by atoms with Gasteiger partial charge in [0.25, 0.3) is 0 Å². The first-order valence-electron chi connectivity index (χ1n) is 7.06. The number of aromatic nitrogens is 2. The van der Waals surface area contributed by atoms with Crippen LogP contribution >= 0.6 is 0 Å². The molecule has 3 rings (SSSR count). The summed E-state index contributed by atoms with van der Waals surface area (Å²) in [5.41, 5.74) is 0.996. The highest BCUT2D eigenvalue weighted by molar-refractivity contribution is 7.91. The zero-order chi connectivity index (χ0) is 13.5. The largest absolute Gasteiger partial charge is 0.352 e. The fourth-order valence-electron chi connectivity index (χ4n) is 3.18. The van der Waals surface area contributed by atoms with Crippen molar-refractivity contribution in [3.05, 3.63) is 11.9 Å². The molecule has 1 saturated heterocycles. The topological polar surface area (TPSA) is 64.0 Å². The number of hydrogen-bond donors (Lipinski definition) is 1. The molecule has 0 bridgehead atoms. The van der Waals surface area contributed by atoms with Gasteiger partial charge in [0.15, 0.2) is 9.84 Å². The number of nitrogens with one attached hydrogen (secondary N) is 1. The monoisotopic (exact) mass is 283 g/mol. The van der Waals surface area contributed by atoms with Crippen molar-refractivity contribution in [2.24, 2.45) is 0 Å². The molecule has 5 nitrogen and oxygen atoms in total. The minimum Gasteiger partial charge on any atom is -0.352 e. The van der Waals surface area contributed by atoms with Gasteiger partial charge in [0.2, 0.25) is 5.95 Å². The van der Waals surface area contributed by atoms with Crippen LogP contribution in [0.4, 0.5) is 5.95 Å². The molecular formula is C13H21N3O2S. The van der Waals surface area contributed by atoms with Gasteiger partial charge in [0, 0.05) is 18.3 Å². The standard InChI is InChI=1S/C13H21N3O2S/c1-10-8-16(12-4-2-3-5-12)13(14-10)15-11-6-7-19(17,18)9-11/h8,11-12H,2-7,9H2,1H3,(H,14,15). The predicted octanol–water partition coefficient (Wildman–Crippen LogP) is 1.91. The highest BCUT2D eigenvalue weighted by atomic mass is 32.2. The predicted molar refractivity (Wildman–Crippen MR) is 75.2 cm³/mol. The third-order valence-electron chi connectivity index (χ3n) is 4.14. The Morgan fingerprint density at radius 2 is 2.05 bits per heavy atom. The van der Waals surface area contributed by atoms with Gasteiger partial charge in [-0.1, -0.05) is 12.8 Å². The first-order valence-corrected chi connectivity index (χ1v) is 8.88. The quantitative estimate of drug-likeness (QED) is 0.920. The first-order chi connectivity index (χ1) is 9.03. The maximum Gasteiger partial charge on any atom is 0.203 e. The molecule has 0 aromatic carbocycles. The average molecular weight is 283 g/mol. The van der Waals surface area contributed by atoms with Crippen LogP contribution in [-0.4, -0.2) is 35.5 Å². The second-order valence-electron chi connectivity index (χ2n) is 5.80. The van der Waals surface area contributed by atoms with Gasteiger partial charge >= 0.3 is 0 Å². The van der Waals surface area contributed by atoms with Crippen molar-refractivity contribution in [2.75, 3.05) is 16.8 Å². The van der Waals surface area contributed by atoms with Gasteiger partial charge < -0.3 is 9.88 Å². The minimum absolute atomic E-state index is 0.0203. The normalized spacial score (nSPS) is 26.9. The summed E-state index contributed by atoms with van der Waals surface area (Å²) in [7, 11) is -2.84. The number of nitrogens with zero attached hydrogens (tertiary/aromatic N) is 2. The van der Waals surface area contributed by atoms with Crippen LogP contribution < -0.4 is 5.32 Å². The lowest BCUT2D eigenvalue weighted by atomic mass is 10.2. The lowest BCUT2D eigenvalue weighted by Crippen LogP contribution is -2.23. The highest BCUT2D eigenvalue weighted by Crippen LogP contribution is 2.32. The molecule has 1 aliphatic carbocycles. The molecule has 1 aliphatic heterocycles. The third kappa shape index (κ3) is 2.78. The molecule has 1 aromatic heterocycles. The number of aryl methyl sites for hydroxylation is 1. The van der Waals surface area contributed by atoms with E-state index in [-0.39, 0.29) is 11.8 Å². The van der Waals surface area contributed by atoms with E-state index < -0.39 is 9.84 Å². The van der Waals surface area contributed by atoms with E-state index in [1.54, 1.807) is 0 Å². The van der Waals surface area contributed by atoms with Crippen LogP contribution in [0.25, 0.3) is 0 Å². The summed E-state index contributed by atoms with van der Waals surface area (Å²) in [6.07, 6.45) is 7.74. The molecule has 2 heterocycles. The van der Waals surface area contributed by atoms with Crippen LogP contribution in [0.5, 0.6) is 0 Å². The fourth-order valence-corrected chi connectivity index (χ4v) is 4.85. The number of hydrogen-bond acceptors (Lipinski definition) is 4. The van der Waals surface area contributed by atoms with Gasteiger partial charge in [0.1, 0.15) is 0 Å². The minimum atomic E-state index is -2.84. The van der Waals surface area contributed by atoms with Crippen molar-refractivity contribution >= 4 is 15.8 Å². The van der Waals surface area contributed by atoms with E-state index in [0.717, 1.165) is 11.6 Å². The maximum absolute atomic E-state index is 11.5. The maximum atomic E-state index is 11.5. The summed E-state index contributed by atoms with van der Waals surface area (Å²) >= 11 is 0. The van der Waals surface area contributed by atoms with E-state index in [1.165, 1.54) is 25.7 Å².